The zero-order valence-electron chi connectivity index (χ0n) is 15.6. The van der Waals surface area contributed by atoms with E-state index in [0.717, 1.165) is 11.2 Å². The molecule has 3 aromatic carbocycles. The molecule has 0 unspecified atom stereocenters. The molecule has 0 aliphatic heterocycles. The van der Waals surface area contributed by atoms with E-state index in [0.29, 0.717) is 0 Å². The van der Waals surface area contributed by atoms with Crippen LogP contribution in [0.4, 0.5) is 0 Å². The van der Waals surface area contributed by atoms with Crippen molar-refractivity contribution in [3.8, 4) is 11.1 Å². The van der Waals surface area contributed by atoms with Crippen molar-refractivity contribution in [2.75, 3.05) is 0 Å². The lowest BCUT2D eigenvalue weighted by atomic mass is 9.83. The molecule has 4 aromatic rings. The highest BCUT2D eigenvalue weighted by Crippen LogP contribution is 2.34. The van der Waals surface area contributed by atoms with Gasteiger partial charge in [0.2, 0.25) is 0 Å². The fraction of sp³-hybridized carbons (Fsp3) is 0.250. The van der Waals surface area contributed by atoms with Crippen LogP contribution in [0.1, 0.15) is 37.5 Å². The van der Waals surface area contributed by atoms with E-state index < -0.39 is 0 Å². The molecular weight excluding hydrogens is 304 g/mol. The van der Waals surface area contributed by atoms with Crippen LogP contribution in [-0.2, 0) is 5.41 Å². The molecule has 0 spiro atoms. The molecule has 4 rings (SSSR count). The molecule has 0 bridgehead atoms. The van der Waals surface area contributed by atoms with Gasteiger partial charge in [0.15, 0.2) is 0 Å². The van der Waals surface area contributed by atoms with Crippen LogP contribution in [0.2, 0.25) is 0 Å². The van der Waals surface area contributed by atoms with E-state index in [4.69, 9.17) is 4.42 Å². The number of hydrogen-bond donors (Lipinski definition) is 0. The van der Waals surface area contributed by atoms with E-state index in [9.17, 15) is 0 Å². The van der Waals surface area contributed by atoms with Crippen LogP contribution in [0.15, 0.2) is 59.0 Å². The summed E-state index contributed by atoms with van der Waals surface area (Å²) in [7, 11) is 0. The Kier molecular flexibility index (Phi) is 3.50. The van der Waals surface area contributed by atoms with E-state index in [1.165, 1.54) is 38.6 Å². The standard InChI is InChI=1S/C24H24O/c1-15-6-11-22-20(12-15)19-9-7-18(14-23(19)25-22)17-8-10-21(16(2)13-17)24(3,4)5/h6-14H,1-5H3. The van der Waals surface area contributed by atoms with Gasteiger partial charge >= 0.3 is 0 Å². The van der Waals surface area contributed by atoms with Crippen molar-refractivity contribution in [3.05, 3.63) is 71.3 Å². The Morgan fingerprint density at radius 3 is 2.12 bits per heavy atom. The van der Waals surface area contributed by atoms with Gasteiger partial charge in [-0.25, -0.2) is 0 Å². The van der Waals surface area contributed by atoms with Crippen LogP contribution in [0.5, 0.6) is 0 Å². The summed E-state index contributed by atoms with van der Waals surface area (Å²) < 4.78 is 6.08. The number of aryl methyl sites for hydroxylation is 2. The maximum atomic E-state index is 6.08. The van der Waals surface area contributed by atoms with Gasteiger partial charge in [-0.1, -0.05) is 56.7 Å². The molecule has 0 amide bonds. The largest absolute Gasteiger partial charge is 0.456 e. The van der Waals surface area contributed by atoms with Crippen molar-refractivity contribution in [2.45, 2.75) is 40.0 Å². The van der Waals surface area contributed by atoms with E-state index in [-0.39, 0.29) is 5.41 Å². The maximum Gasteiger partial charge on any atom is 0.136 e. The minimum atomic E-state index is 0.170. The molecule has 0 aliphatic rings. The molecular formula is C24H24O. The van der Waals surface area contributed by atoms with Crippen LogP contribution in [0.25, 0.3) is 33.1 Å². The van der Waals surface area contributed by atoms with Crippen molar-refractivity contribution in [3.63, 3.8) is 0 Å². The summed E-state index contributed by atoms with van der Waals surface area (Å²) in [6, 6.07) is 19.7. The molecule has 0 saturated heterocycles. The second-order valence-corrected chi connectivity index (χ2v) is 8.09. The highest BCUT2D eigenvalue weighted by molar-refractivity contribution is 6.06. The monoisotopic (exact) mass is 328 g/mol. The van der Waals surface area contributed by atoms with Gasteiger partial charge in [0.05, 0.1) is 0 Å². The zero-order chi connectivity index (χ0) is 17.8. The third-order valence-corrected chi connectivity index (χ3v) is 4.99. The van der Waals surface area contributed by atoms with Gasteiger partial charge in [0.25, 0.3) is 0 Å². The molecule has 1 nitrogen and oxygen atoms in total. The van der Waals surface area contributed by atoms with E-state index in [2.05, 4.69) is 89.2 Å². The van der Waals surface area contributed by atoms with Crippen LogP contribution >= 0.6 is 0 Å². The van der Waals surface area contributed by atoms with Gasteiger partial charge in [0, 0.05) is 10.8 Å². The summed E-state index contributed by atoms with van der Waals surface area (Å²) >= 11 is 0. The van der Waals surface area contributed by atoms with Gasteiger partial charge in [-0.15, -0.1) is 0 Å². The molecule has 0 atom stereocenters. The topological polar surface area (TPSA) is 13.1 Å². The van der Waals surface area contributed by atoms with Crippen molar-refractivity contribution in [1.29, 1.82) is 0 Å². The van der Waals surface area contributed by atoms with E-state index in [1.807, 2.05) is 0 Å². The Balaban J connectivity index is 1.85. The van der Waals surface area contributed by atoms with Crippen molar-refractivity contribution >= 4 is 21.9 Å². The molecule has 0 N–H and O–H groups in total. The molecule has 126 valence electrons. The number of furan rings is 1. The Hall–Kier alpha value is -2.54. The molecule has 0 fully saturated rings. The van der Waals surface area contributed by atoms with Crippen LogP contribution < -0.4 is 0 Å². The number of fused-ring (bicyclic) bond motifs is 3. The van der Waals surface area contributed by atoms with Crippen molar-refractivity contribution < 1.29 is 4.42 Å². The van der Waals surface area contributed by atoms with Crippen molar-refractivity contribution in [1.82, 2.24) is 0 Å². The average molecular weight is 328 g/mol. The summed E-state index contributed by atoms with van der Waals surface area (Å²) in [5.41, 5.74) is 8.52. The predicted molar refractivity (Wildman–Crippen MR) is 107 cm³/mol. The Bertz CT molecular complexity index is 1090. The number of benzene rings is 3. The summed E-state index contributed by atoms with van der Waals surface area (Å²) in [6.45, 7) is 11.1. The fourth-order valence-corrected chi connectivity index (χ4v) is 3.76. The Morgan fingerprint density at radius 1 is 0.680 bits per heavy atom. The van der Waals surface area contributed by atoms with E-state index in [1.54, 1.807) is 0 Å². The van der Waals surface area contributed by atoms with E-state index >= 15 is 0 Å². The van der Waals surface area contributed by atoms with Gasteiger partial charge in [-0.05, 0) is 65.8 Å². The highest BCUT2D eigenvalue weighted by atomic mass is 16.3. The van der Waals surface area contributed by atoms with Gasteiger partial charge in [0.1, 0.15) is 11.2 Å². The lowest BCUT2D eigenvalue weighted by molar-refractivity contribution is 0.586. The van der Waals surface area contributed by atoms with Gasteiger partial charge in [-0.3, -0.25) is 0 Å². The normalized spacial score (nSPS) is 12.2. The summed E-state index contributed by atoms with van der Waals surface area (Å²) in [5.74, 6) is 0. The molecule has 0 saturated carbocycles. The molecule has 0 radical (unpaired) electrons. The first-order valence-electron chi connectivity index (χ1n) is 8.87. The number of hydrogen-bond acceptors (Lipinski definition) is 1. The van der Waals surface area contributed by atoms with Gasteiger partial charge in [-0.2, -0.15) is 0 Å². The smallest absolute Gasteiger partial charge is 0.136 e. The van der Waals surface area contributed by atoms with Crippen LogP contribution in [0, 0.1) is 13.8 Å². The minimum absolute atomic E-state index is 0.170. The van der Waals surface area contributed by atoms with Crippen LogP contribution in [-0.4, -0.2) is 0 Å². The maximum absolute atomic E-state index is 6.08. The first-order valence-corrected chi connectivity index (χ1v) is 8.87. The quantitative estimate of drug-likeness (QED) is 0.361. The molecule has 1 heterocycles. The lowest BCUT2D eigenvalue weighted by Crippen LogP contribution is -2.12. The lowest BCUT2D eigenvalue weighted by Gasteiger charge is -2.22. The molecule has 25 heavy (non-hydrogen) atoms. The fourth-order valence-electron chi connectivity index (χ4n) is 3.76. The first kappa shape index (κ1) is 16.0. The second kappa shape index (κ2) is 5.49. The molecule has 1 heteroatoms. The molecule has 1 aromatic heterocycles. The SMILES string of the molecule is Cc1ccc2oc3cc(-c4ccc(C(C)(C)C)c(C)c4)ccc3c2c1. The Labute approximate surface area is 149 Å². The number of rotatable bonds is 1. The second-order valence-electron chi connectivity index (χ2n) is 8.09. The predicted octanol–water partition coefficient (Wildman–Crippen LogP) is 7.17. The van der Waals surface area contributed by atoms with Gasteiger partial charge < -0.3 is 4.42 Å². The molecule has 0 aliphatic carbocycles. The van der Waals surface area contributed by atoms with Crippen LogP contribution in [0.3, 0.4) is 0 Å². The third-order valence-electron chi connectivity index (χ3n) is 4.99. The van der Waals surface area contributed by atoms with Crippen molar-refractivity contribution in [2.24, 2.45) is 0 Å². The summed E-state index contributed by atoms with van der Waals surface area (Å²) in [4.78, 5) is 0. The summed E-state index contributed by atoms with van der Waals surface area (Å²) in [6.07, 6.45) is 0. The zero-order valence-corrected chi connectivity index (χ0v) is 15.6. The summed E-state index contributed by atoms with van der Waals surface area (Å²) in [5, 5.41) is 2.38. The minimum Gasteiger partial charge on any atom is -0.456 e. The average Bonchev–Trinajstić information content (AvgIpc) is 2.90. The first-order chi connectivity index (χ1) is 11.8. The highest BCUT2D eigenvalue weighted by Gasteiger charge is 2.16. The third kappa shape index (κ3) is 2.74. The Morgan fingerprint density at radius 2 is 1.40 bits per heavy atom.